The summed E-state index contributed by atoms with van der Waals surface area (Å²) in [4.78, 5) is 8.76. The van der Waals surface area contributed by atoms with E-state index in [1.807, 2.05) is 18.2 Å². The molecule has 2 saturated heterocycles. The van der Waals surface area contributed by atoms with Gasteiger partial charge < -0.3 is 19.7 Å². The third-order valence-corrected chi connectivity index (χ3v) is 8.83. The van der Waals surface area contributed by atoms with E-state index in [2.05, 4.69) is 53.8 Å². The number of H-pyrrole nitrogens is 1. The van der Waals surface area contributed by atoms with Crippen LogP contribution in [0.15, 0.2) is 30.3 Å². The maximum atomic E-state index is 11.6. The van der Waals surface area contributed by atoms with Gasteiger partial charge >= 0.3 is 0 Å². The van der Waals surface area contributed by atoms with E-state index >= 15 is 0 Å². The minimum absolute atomic E-state index is 0.289. The lowest BCUT2D eigenvalue weighted by atomic mass is 9.70. The summed E-state index contributed by atoms with van der Waals surface area (Å²) in [5.74, 6) is 0. The van der Waals surface area contributed by atoms with Crippen molar-refractivity contribution in [1.29, 1.82) is 5.26 Å². The molecule has 2 N–H and O–H groups in total. The summed E-state index contributed by atoms with van der Waals surface area (Å²) in [5.41, 5.74) is 8.09. The van der Waals surface area contributed by atoms with Gasteiger partial charge in [-0.25, -0.2) is 0 Å². The number of morpholine rings is 1. The van der Waals surface area contributed by atoms with E-state index < -0.39 is 6.10 Å². The molecule has 6 nitrogen and oxygen atoms in total. The van der Waals surface area contributed by atoms with Crippen molar-refractivity contribution in [3.8, 4) is 6.07 Å². The van der Waals surface area contributed by atoms with Crippen LogP contribution in [0.1, 0.15) is 73.2 Å². The lowest BCUT2D eigenvalue weighted by Crippen LogP contribution is -2.49. The van der Waals surface area contributed by atoms with Crippen LogP contribution in [-0.2, 0) is 16.6 Å². The van der Waals surface area contributed by atoms with Gasteiger partial charge in [0.25, 0.3) is 0 Å². The predicted molar refractivity (Wildman–Crippen MR) is 143 cm³/mol. The maximum absolute atomic E-state index is 11.6. The smallest absolute Gasteiger partial charge is 0.107 e. The predicted octanol–water partition coefficient (Wildman–Crippen LogP) is 4.62. The van der Waals surface area contributed by atoms with Crippen LogP contribution in [0.2, 0.25) is 0 Å². The molecule has 0 amide bonds. The molecule has 6 rings (SSSR count). The van der Waals surface area contributed by atoms with E-state index in [-0.39, 0.29) is 5.41 Å². The first-order chi connectivity index (χ1) is 17.4. The molecule has 0 spiro atoms. The third-order valence-electron chi connectivity index (χ3n) is 8.83. The Labute approximate surface area is 213 Å². The SMILES string of the molecule is CCc1cc2c(cc1N1CCC(N3CCOCC3)CC1)C(C)(C)c1[nH]c3cc(C#N)ccc3c1C2O. The van der Waals surface area contributed by atoms with Crippen LogP contribution in [0.25, 0.3) is 10.9 Å². The molecule has 1 atom stereocenters. The summed E-state index contributed by atoms with van der Waals surface area (Å²) in [6.07, 6.45) is 2.61. The minimum Gasteiger partial charge on any atom is -0.384 e. The first-order valence-corrected chi connectivity index (χ1v) is 13.4. The van der Waals surface area contributed by atoms with Crippen molar-refractivity contribution in [2.75, 3.05) is 44.3 Å². The van der Waals surface area contributed by atoms with E-state index in [1.165, 1.54) is 29.7 Å². The fourth-order valence-electron chi connectivity index (χ4n) is 6.77. The zero-order valence-corrected chi connectivity index (χ0v) is 21.6. The number of hydrogen-bond acceptors (Lipinski definition) is 5. The van der Waals surface area contributed by atoms with Gasteiger partial charge in [-0.15, -0.1) is 0 Å². The highest BCUT2D eigenvalue weighted by molar-refractivity contribution is 5.88. The van der Waals surface area contributed by atoms with Crippen molar-refractivity contribution in [2.45, 2.75) is 57.6 Å². The van der Waals surface area contributed by atoms with E-state index in [0.29, 0.717) is 11.6 Å². The highest BCUT2D eigenvalue weighted by Gasteiger charge is 2.40. The summed E-state index contributed by atoms with van der Waals surface area (Å²) in [6, 6.07) is 13.2. The molecule has 36 heavy (non-hydrogen) atoms. The molecule has 0 saturated carbocycles. The monoisotopic (exact) mass is 484 g/mol. The number of aromatic nitrogens is 1. The summed E-state index contributed by atoms with van der Waals surface area (Å²) in [6.45, 7) is 12.7. The molecular weight excluding hydrogens is 448 g/mol. The standard InChI is InChI=1S/C30H36N4O2/c1-4-20-16-23-24(17-26(20)34-9-7-21(8-10-34)33-11-13-36-14-12-33)30(2,3)29-27(28(23)35)22-6-5-19(18-31)15-25(22)32-29/h5-6,15-17,21,28,32,35H,4,7-14H2,1-3H3. The second-order valence-corrected chi connectivity index (χ2v) is 11.1. The van der Waals surface area contributed by atoms with Crippen molar-refractivity contribution in [3.63, 3.8) is 0 Å². The van der Waals surface area contributed by atoms with Crippen molar-refractivity contribution in [3.05, 3.63) is 63.8 Å². The number of fused-ring (bicyclic) bond motifs is 4. The number of ether oxygens (including phenoxy) is 1. The number of anilines is 1. The number of aromatic amines is 1. The van der Waals surface area contributed by atoms with E-state index in [0.717, 1.165) is 73.5 Å². The number of nitriles is 1. The zero-order valence-electron chi connectivity index (χ0n) is 21.6. The van der Waals surface area contributed by atoms with Crippen LogP contribution in [0, 0.1) is 11.3 Å². The second kappa shape index (κ2) is 8.92. The number of nitrogens with zero attached hydrogens (tertiary/aromatic N) is 3. The number of aliphatic hydroxyl groups excluding tert-OH is 1. The van der Waals surface area contributed by atoms with Crippen LogP contribution in [-0.4, -0.2) is 60.4 Å². The first-order valence-electron chi connectivity index (χ1n) is 13.4. The molecule has 0 radical (unpaired) electrons. The summed E-state index contributed by atoms with van der Waals surface area (Å²) >= 11 is 0. The van der Waals surface area contributed by atoms with E-state index in [4.69, 9.17) is 4.74 Å². The number of aliphatic hydroxyl groups is 1. The van der Waals surface area contributed by atoms with Gasteiger partial charge in [0.2, 0.25) is 0 Å². The van der Waals surface area contributed by atoms with Gasteiger partial charge in [-0.1, -0.05) is 32.9 Å². The fourth-order valence-corrected chi connectivity index (χ4v) is 6.77. The molecule has 1 aromatic heterocycles. The molecule has 3 aliphatic rings. The Kier molecular flexibility index (Phi) is 5.83. The van der Waals surface area contributed by atoms with E-state index in [1.54, 1.807) is 0 Å². The summed E-state index contributed by atoms with van der Waals surface area (Å²) in [7, 11) is 0. The summed E-state index contributed by atoms with van der Waals surface area (Å²) in [5, 5.41) is 22.0. The normalized spacial score (nSPS) is 22.3. The van der Waals surface area contributed by atoms with Crippen LogP contribution in [0.3, 0.4) is 0 Å². The van der Waals surface area contributed by atoms with Gasteiger partial charge in [-0.2, -0.15) is 5.26 Å². The Bertz CT molecular complexity index is 1340. The molecule has 2 fully saturated rings. The van der Waals surface area contributed by atoms with Gasteiger partial charge in [-0.3, -0.25) is 4.90 Å². The Morgan fingerprint density at radius 1 is 1.11 bits per heavy atom. The third kappa shape index (κ3) is 3.64. The number of nitrogens with one attached hydrogen (secondary N) is 1. The Hall–Kier alpha value is -2.85. The Morgan fingerprint density at radius 2 is 1.86 bits per heavy atom. The molecule has 0 bridgehead atoms. The number of piperidine rings is 1. The number of benzene rings is 2. The van der Waals surface area contributed by atoms with Crippen molar-refractivity contribution >= 4 is 16.6 Å². The van der Waals surface area contributed by atoms with Crippen molar-refractivity contribution < 1.29 is 9.84 Å². The number of rotatable bonds is 3. The molecule has 3 aromatic rings. The molecule has 1 aliphatic carbocycles. The van der Waals surface area contributed by atoms with Crippen molar-refractivity contribution in [1.82, 2.24) is 9.88 Å². The zero-order chi connectivity index (χ0) is 25.0. The van der Waals surface area contributed by atoms with Crippen molar-refractivity contribution in [2.24, 2.45) is 0 Å². The Morgan fingerprint density at radius 3 is 2.56 bits per heavy atom. The molecule has 1 unspecified atom stereocenters. The average Bonchev–Trinajstić information content (AvgIpc) is 3.32. The highest BCUT2D eigenvalue weighted by Crippen LogP contribution is 2.50. The average molecular weight is 485 g/mol. The van der Waals surface area contributed by atoms with Crippen LogP contribution < -0.4 is 4.90 Å². The minimum atomic E-state index is -0.684. The number of aryl methyl sites for hydroxylation is 1. The lowest BCUT2D eigenvalue weighted by molar-refractivity contribution is 0.0115. The highest BCUT2D eigenvalue weighted by atomic mass is 16.5. The molecular formula is C30H36N4O2. The quantitative estimate of drug-likeness (QED) is 0.567. The van der Waals surface area contributed by atoms with Gasteiger partial charge in [0.15, 0.2) is 0 Å². The molecule has 3 heterocycles. The van der Waals surface area contributed by atoms with Crippen LogP contribution in [0.5, 0.6) is 0 Å². The second-order valence-electron chi connectivity index (χ2n) is 11.1. The van der Waals surface area contributed by atoms with E-state index in [9.17, 15) is 10.4 Å². The fraction of sp³-hybridized carbons (Fsp3) is 0.500. The summed E-state index contributed by atoms with van der Waals surface area (Å²) < 4.78 is 5.56. The van der Waals surface area contributed by atoms with Crippen LogP contribution in [0.4, 0.5) is 5.69 Å². The molecule has 188 valence electrons. The lowest BCUT2D eigenvalue weighted by Gasteiger charge is -2.42. The van der Waals surface area contributed by atoms with Gasteiger partial charge in [-0.05, 0) is 54.2 Å². The molecule has 2 aliphatic heterocycles. The molecule has 2 aromatic carbocycles. The van der Waals surface area contributed by atoms with Gasteiger partial charge in [0.05, 0.1) is 24.8 Å². The molecule has 6 heteroatoms. The van der Waals surface area contributed by atoms with Gasteiger partial charge in [0.1, 0.15) is 6.10 Å². The van der Waals surface area contributed by atoms with Crippen LogP contribution >= 0.6 is 0 Å². The maximum Gasteiger partial charge on any atom is 0.107 e. The first kappa shape index (κ1) is 23.5. The topological polar surface area (TPSA) is 75.5 Å². The Balaban J connectivity index is 1.36. The van der Waals surface area contributed by atoms with Gasteiger partial charge in [0, 0.05) is 65.5 Å². The number of hydrogen-bond donors (Lipinski definition) is 2. The largest absolute Gasteiger partial charge is 0.384 e.